The van der Waals surface area contributed by atoms with E-state index < -0.39 is 22.4 Å². The van der Waals surface area contributed by atoms with E-state index in [1.807, 2.05) is 0 Å². The predicted molar refractivity (Wildman–Crippen MR) is 175 cm³/mol. The fraction of sp³-hybridized carbons (Fsp3) is 0.344. The van der Waals surface area contributed by atoms with Crippen molar-refractivity contribution >= 4 is 22.0 Å². The quantitative estimate of drug-likeness (QED) is 0.0579. The van der Waals surface area contributed by atoms with Crippen molar-refractivity contribution in [2.24, 2.45) is 0 Å². The van der Waals surface area contributed by atoms with Gasteiger partial charge in [0.25, 0.3) is 15.9 Å². The summed E-state index contributed by atoms with van der Waals surface area (Å²) in [4.78, 5) is 34.7. The Morgan fingerprint density at radius 2 is 1.60 bits per heavy atom. The van der Waals surface area contributed by atoms with Gasteiger partial charge in [-0.2, -0.15) is 13.4 Å². The van der Waals surface area contributed by atoms with E-state index in [4.69, 9.17) is 34.1 Å². The average Bonchev–Trinajstić information content (AvgIpc) is 3.10. The van der Waals surface area contributed by atoms with Crippen molar-refractivity contribution in [2.75, 3.05) is 31.7 Å². The third kappa shape index (κ3) is 9.95. The number of nitrogens with zero attached hydrogens (tertiary/aromatic N) is 6. The largest absolute Gasteiger partial charge is 0.510 e. The van der Waals surface area contributed by atoms with Gasteiger partial charge in [-0.3, -0.25) is 20.2 Å². The second kappa shape index (κ2) is 18.0. The molecule has 0 aliphatic rings. The predicted octanol–water partition coefficient (Wildman–Crippen LogP) is 5.32. The van der Waals surface area contributed by atoms with Crippen LogP contribution in [0, 0.1) is 6.92 Å². The number of carbonyl (C=O) groups is 1. The van der Waals surface area contributed by atoms with E-state index in [9.17, 15) is 13.2 Å². The van der Waals surface area contributed by atoms with E-state index in [0.29, 0.717) is 42.6 Å². The topological polar surface area (TPSA) is 205 Å². The van der Waals surface area contributed by atoms with Gasteiger partial charge in [0.05, 0.1) is 32.8 Å². The maximum atomic E-state index is 14.5. The van der Waals surface area contributed by atoms with Crippen LogP contribution in [0.5, 0.6) is 23.1 Å². The van der Waals surface area contributed by atoms with Crippen molar-refractivity contribution in [3.63, 3.8) is 0 Å². The molecule has 0 saturated carbocycles. The fourth-order valence-electron chi connectivity index (χ4n) is 4.51. The standard InChI is InChI=1S/C32H38N6O11S/c1-22-13-14-27(34-21-22)50(42,43)37(23(2)48-32(39)46-19-9-5-6-10-20-47-38(40)41)30-28(49-26-12-8-7-11-25(26)44-3)31(45-4)36-29(35-30)24-15-17-33-18-16-24/h7-8,11-18,21,23,40-41H,5-6,9-10,19-20H2,1-4H3. The van der Waals surface area contributed by atoms with Gasteiger partial charge in [-0.1, -0.05) is 24.6 Å². The van der Waals surface area contributed by atoms with Gasteiger partial charge in [0.15, 0.2) is 34.4 Å². The Labute approximate surface area is 288 Å². The molecule has 0 radical (unpaired) electrons. The van der Waals surface area contributed by atoms with Crippen molar-refractivity contribution in [3.05, 3.63) is 72.7 Å². The number of ether oxygens (including phenoxy) is 5. The molecule has 0 saturated heterocycles. The molecule has 2 N–H and O–H groups in total. The lowest BCUT2D eigenvalue weighted by Gasteiger charge is -2.30. The van der Waals surface area contributed by atoms with Crippen LogP contribution in [-0.4, -0.2) is 84.0 Å². The number of methoxy groups -OCH3 is 2. The van der Waals surface area contributed by atoms with Crippen LogP contribution in [0.3, 0.4) is 0 Å². The number of hydrogen-bond donors (Lipinski definition) is 2. The van der Waals surface area contributed by atoms with E-state index >= 15 is 0 Å². The summed E-state index contributed by atoms with van der Waals surface area (Å²) in [5.74, 6) is -0.166. The minimum Gasteiger partial charge on any atom is -0.493 e. The number of benzene rings is 1. The van der Waals surface area contributed by atoms with Gasteiger partial charge >= 0.3 is 6.16 Å². The fourth-order valence-corrected chi connectivity index (χ4v) is 5.92. The van der Waals surface area contributed by atoms with Gasteiger partial charge in [0.1, 0.15) is 0 Å². The van der Waals surface area contributed by atoms with Crippen molar-refractivity contribution < 1.29 is 52.1 Å². The van der Waals surface area contributed by atoms with Gasteiger partial charge in [-0.05, 0) is 69.0 Å². The van der Waals surface area contributed by atoms with Crippen molar-refractivity contribution in [1.82, 2.24) is 25.3 Å². The van der Waals surface area contributed by atoms with E-state index in [2.05, 4.69) is 24.8 Å². The lowest BCUT2D eigenvalue weighted by molar-refractivity contribution is -0.492. The molecule has 1 atom stereocenters. The van der Waals surface area contributed by atoms with Crippen LogP contribution in [-0.2, 0) is 24.3 Å². The molecular weight excluding hydrogens is 676 g/mol. The molecule has 0 bridgehead atoms. The lowest BCUT2D eigenvalue weighted by atomic mass is 10.2. The molecule has 268 valence electrons. The Bertz CT molecular complexity index is 1800. The molecule has 0 amide bonds. The molecule has 0 aliphatic heterocycles. The highest BCUT2D eigenvalue weighted by Gasteiger charge is 2.39. The number of hydrogen-bond acceptors (Lipinski definition) is 16. The molecule has 17 nitrogen and oxygen atoms in total. The Kier molecular flexibility index (Phi) is 13.6. The molecular formula is C32H38N6O11S. The molecule has 1 aromatic carbocycles. The minimum atomic E-state index is -4.65. The zero-order valence-electron chi connectivity index (χ0n) is 27.8. The molecule has 3 heterocycles. The first-order chi connectivity index (χ1) is 24.0. The van der Waals surface area contributed by atoms with Gasteiger partial charge in [0.2, 0.25) is 5.75 Å². The maximum absolute atomic E-state index is 14.5. The number of pyridine rings is 2. The monoisotopic (exact) mass is 714 g/mol. The highest BCUT2D eigenvalue weighted by molar-refractivity contribution is 7.92. The number of unbranched alkanes of at least 4 members (excludes halogenated alkanes) is 3. The summed E-state index contributed by atoms with van der Waals surface area (Å²) in [7, 11) is -1.87. The molecule has 50 heavy (non-hydrogen) atoms. The van der Waals surface area contributed by atoms with Crippen LogP contribution < -0.4 is 18.5 Å². The molecule has 0 fully saturated rings. The molecule has 18 heteroatoms. The van der Waals surface area contributed by atoms with Gasteiger partial charge < -0.3 is 23.7 Å². The highest BCUT2D eigenvalue weighted by Crippen LogP contribution is 2.44. The van der Waals surface area contributed by atoms with Crippen molar-refractivity contribution in [2.45, 2.75) is 50.8 Å². The van der Waals surface area contributed by atoms with Crippen LogP contribution in [0.25, 0.3) is 11.4 Å². The number of sulfonamides is 1. The third-order valence-electron chi connectivity index (χ3n) is 6.91. The Morgan fingerprint density at radius 3 is 2.24 bits per heavy atom. The normalized spacial score (nSPS) is 11.9. The van der Waals surface area contributed by atoms with Gasteiger partial charge in [-0.15, -0.1) is 0 Å². The van der Waals surface area contributed by atoms with Gasteiger partial charge in [0, 0.05) is 24.2 Å². The van der Waals surface area contributed by atoms with E-state index in [0.717, 1.165) is 4.31 Å². The molecule has 1 unspecified atom stereocenters. The SMILES string of the molecule is COc1ccccc1Oc1c(OC)nc(-c2ccncc2)nc1N(C(C)OC(=O)OCCCCCCON(O)O)S(=O)(=O)c1ccc(C)cn1. The summed E-state index contributed by atoms with van der Waals surface area (Å²) < 4.78 is 57.7. The first-order valence-corrected chi connectivity index (χ1v) is 16.8. The number of anilines is 1. The summed E-state index contributed by atoms with van der Waals surface area (Å²) in [6.45, 7) is 3.14. The second-order valence-corrected chi connectivity index (χ2v) is 12.3. The Balaban J connectivity index is 1.75. The summed E-state index contributed by atoms with van der Waals surface area (Å²) in [5, 5.41) is 16.4. The molecule has 0 aliphatic carbocycles. The lowest BCUT2D eigenvalue weighted by Crippen LogP contribution is -2.42. The van der Waals surface area contributed by atoms with Crippen LogP contribution in [0.1, 0.15) is 38.2 Å². The van der Waals surface area contributed by atoms with E-state index in [1.54, 1.807) is 49.4 Å². The van der Waals surface area contributed by atoms with Crippen LogP contribution in [0.2, 0.25) is 0 Å². The summed E-state index contributed by atoms with van der Waals surface area (Å²) >= 11 is 0. The van der Waals surface area contributed by atoms with E-state index in [1.165, 1.54) is 45.8 Å². The average molecular weight is 715 g/mol. The maximum Gasteiger partial charge on any atom is 0.510 e. The molecule has 3 aromatic heterocycles. The van der Waals surface area contributed by atoms with Crippen molar-refractivity contribution in [3.8, 4) is 34.5 Å². The number of aromatic nitrogens is 4. The molecule has 4 rings (SSSR count). The third-order valence-corrected chi connectivity index (χ3v) is 8.67. The number of para-hydroxylation sites is 2. The molecule has 0 spiro atoms. The highest BCUT2D eigenvalue weighted by atomic mass is 32.2. The Hall–Kier alpha value is -5.14. The van der Waals surface area contributed by atoms with Crippen molar-refractivity contribution in [1.29, 1.82) is 0 Å². The minimum absolute atomic E-state index is 0.0273. The smallest absolute Gasteiger partial charge is 0.493 e. The Morgan fingerprint density at radius 1 is 0.900 bits per heavy atom. The number of aryl methyl sites for hydroxylation is 1. The van der Waals surface area contributed by atoms with Gasteiger partial charge in [-0.25, -0.2) is 19.1 Å². The first kappa shape index (κ1) is 37.7. The van der Waals surface area contributed by atoms with Crippen LogP contribution >= 0.6 is 0 Å². The zero-order chi connectivity index (χ0) is 36.1. The summed E-state index contributed by atoms with van der Waals surface area (Å²) in [5.41, 5.74) is 1.18. The first-order valence-electron chi connectivity index (χ1n) is 15.3. The zero-order valence-corrected chi connectivity index (χ0v) is 28.6. The van der Waals surface area contributed by atoms with E-state index in [-0.39, 0.29) is 52.7 Å². The van der Waals surface area contributed by atoms with Crippen LogP contribution in [0.4, 0.5) is 10.6 Å². The van der Waals surface area contributed by atoms with Crippen LogP contribution in [0.15, 0.2) is 72.1 Å². The number of rotatable bonds is 18. The molecule has 4 aromatic rings. The second-order valence-electron chi connectivity index (χ2n) is 10.5. The number of carbonyl (C=O) groups excluding carboxylic acids is 1. The summed E-state index contributed by atoms with van der Waals surface area (Å²) in [6.07, 6.45) is 3.97. The summed E-state index contributed by atoms with van der Waals surface area (Å²) in [6, 6.07) is 12.8.